The van der Waals surface area contributed by atoms with Crippen molar-refractivity contribution in [3.05, 3.63) is 16.3 Å². The molecule has 1 aliphatic carbocycles. The third-order valence-corrected chi connectivity index (χ3v) is 3.84. The average molecular weight is 281 g/mol. The Labute approximate surface area is 116 Å². The van der Waals surface area contributed by atoms with E-state index in [0.717, 1.165) is 12.6 Å². The van der Waals surface area contributed by atoms with Crippen molar-refractivity contribution in [3.63, 3.8) is 0 Å². The minimum Gasteiger partial charge on any atom is -0.378 e. The molecule has 8 nitrogen and oxygen atoms in total. The zero-order valence-corrected chi connectivity index (χ0v) is 11.8. The van der Waals surface area contributed by atoms with Crippen LogP contribution in [0.2, 0.25) is 0 Å². The van der Waals surface area contributed by atoms with Crippen LogP contribution in [0.1, 0.15) is 27.2 Å². The number of aromatic nitrogens is 2. The summed E-state index contributed by atoms with van der Waals surface area (Å²) in [7, 11) is 0. The maximum absolute atomic E-state index is 11.0. The molecule has 3 N–H and O–H groups in total. The second kappa shape index (κ2) is 5.20. The monoisotopic (exact) mass is 281 g/mol. The lowest BCUT2D eigenvalue weighted by molar-refractivity contribution is -0.384. The van der Waals surface area contributed by atoms with Crippen molar-refractivity contribution in [2.75, 3.05) is 17.7 Å². The minimum atomic E-state index is -0.520. The fourth-order valence-corrected chi connectivity index (χ4v) is 2.41. The first-order valence-corrected chi connectivity index (χ1v) is 6.51. The second-order valence-corrected chi connectivity index (χ2v) is 5.42. The topological polar surface area (TPSA) is 116 Å². The molecule has 1 fully saturated rings. The number of nitrogen functional groups attached to an aromatic ring is 1. The molecule has 0 amide bonds. The Morgan fingerprint density at radius 1 is 1.65 bits per heavy atom. The molecule has 2 rings (SSSR count). The van der Waals surface area contributed by atoms with Crippen LogP contribution in [-0.4, -0.2) is 33.6 Å². The van der Waals surface area contributed by atoms with E-state index in [2.05, 4.69) is 29.1 Å². The fourth-order valence-electron chi connectivity index (χ4n) is 2.41. The van der Waals surface area contributed by atoms with Crippen LogP contribution in [0, 0.1) is 15.5 Å². The van der Waals surface area contributed by atoms with E-state index in [0.29, 0.717) is 6.61 Å². The quantitative estimate of drug-likeness (QED) is 0.621. The van der Waals surface area contributed by atoms with Gasteiger partial charge in [-0.2, -0.15) is 4.98 Å². The highest BCUT2D eigenvalue weighted by Crippen LogP contribution is 2.44. The summed E-state index contributed by atoms with van der Waals surface area (Å²) in [6.45, 7) is 6.73. The maximum atomic E-state index is 11.0. The van der Waals surface area contributed by atoms with Crippen LogP contribution in [0.15, 0.2) is 6.20 Å². The van der Waals surface area contributed by atoms with E-state index < -0.39 is 4.92 Å². The Balaban J connectivity index is 2.16. The second-order valence-electron chi connectivity index (χ2n) is 5.42. The molecular formula is C12H19N5O3. The van der Waals surface area contributed by atoms with Crippen molar-refractivity contribution >= 4 is 17.5 Å². The van der Waals surface area contributed by atoms with Crippen molar-refractivity contribution in [1.82, 2.24) is 9.97 Å². The van der Waals surface area contributed by atoms with Crippen LogP contribution in [0.4, 0.5) is 17.5 Å². The summed E-state index contributed by atoms with van der Waals surface area (Å²) in [6, 6.07) is 0.0482. The van der Waals surface area contributed by atoms with Crippen LogP contribution in [0.5, 0.6) is 0 Å². The molecule has 0 radical (unpaired) electrons. The Kier molecular flexibility index (Phi) is 3.76. The van der Waals surface area contributed by atoms with E-state index in [1.807, 2.05) is 6.92 Å². The Hall–Kier alpha value is -1.96. The molecule has 1 aromatic rings. The van der Waals surface area contributed by atoms with Crippen LogP contribution in [0.3, 0.4) is 0 Å². The van der Waals surface area contributed by atoms with E-state index in [1.165, 1.54) is 0 Å². The number of anilines is 2. The fraction of sp³-hybridized carbons (Fsp3) is 0.667. The normalized spacial score (nSPS) is 23.9. The van der Waals surface area contributed by atoms with Crippen molar-refractivity contribution in [1.29, 1.82) is 0 Å². The van der Waals surface area contributed by atoms with Gasteiger partial charge < -0.3 is 15.8 Å². The molecule has 0 aromatic carbocycles. The minimum absolute atomic E-state index is 0.0107. The molecule has 0 saturated heterocycles. The van der Waals surface area contributed by atoms with Gasteiger partial charge in [0, 0.05) is 18.1 Å². The zero-order chi connectivity index (χ0) is 14.9. The summed E-state index contributed by atoms with van der Waals surface area (Å²) in [5.41, 5.74) is 5.20. The van der Waals surface area contributed by atoms with Gasteiger partial charge in [-0.1, -0.05) is 13.8 Å². The SMILES string of the molecule is CCOC1CC(Nc2nc(N)ncc2[N+](=O)[O-])C1(C)C. The van der Waals surface area contributed by atoms with Gasteiger partial charge in [-0.15, -0.1) is 0 Å². The lowest BCUT2D eigenvalue weighted by Crippen LogP contribution is -2.58. The molecule has 2 atom stereocenters. The van der Waals surface area contributed by atoms with Crippen molar-refractivity contribution in [3.8, 4) is 0 Å². The largest absolute Gasteiger partial charge is 0.378 e. The molecule has 0 aliphatic heterocycles. The van der Waals surface area contributed by atoms with Gasteiger partial charge >= 0.3 is 5.69 Å². The summed E-state index contributed by atoms with van der Waals surface area (Å²) in [5, 5.41) is 14.1. The molecule has 0 spiro atoms. The van der Waals surface area contributed by atoms with Gasteiger partial charge in [-0.3, -0.25) is 10.1 Å². The van der Waals surface area contributed by atoms with E-state index in [-0.39, 0.29) is 35.0 Å². The molecule has 1 aliphatic rings. The van der Waals surface area contributed by atoms with Gasteiger partial charge in [0.15, 0.2) is 0 Å². The van der Waals surface area contributed by atoms with E-state index in [1.54, 1.807) is 0 Å². The van der Waals surface area contributed by atoms with Gasteiger partial charge in [-0.05, 0) is 13.3 Å². The molecule has 8 heteroatoms. The van der Waals surface area contributed by atoms with Crippen molar-refractivity contribution < 1.29 is 9.66 Å². The number of hydrogen-bond acceptors (Lipinski definition) is 7. The highest BCUT2D eigenvalue weighted by Gasteiger charge is 2.49. The first kappa shape index (κ1) is 14.4. The number of nitrogens with zero attached hydrogens (tertiary/aromatic N) is 3. The summed E-state index contributed by atoms with van der Waals surface area (Å²) in [6.07, 6.45) is 2.04. The van der Waals surface area contributed by atoms with E-state index in [4.69, 9.17) is 10.5 Å². The molecule has 2 unspecified atom stereocenters. The lowest BCUT2D eigenvalue weighted by atomic mass is 9.64. The number of nitrogens with one attached hydrogen (secondary N) is 1. The van der Waals surface area contributed by atoms with Crippen LogP contribution in [0.25, 0.3) is 0 Å². The predicted octanol–water partition coefficient (Wildman–Crippen LogP) is 1.58. The first-order valence-electron chi connectivity index (χ1n) is 6.51. The van der Waals surface area contributed by atoms with Gasteiger partial charge in [0.05, 0.1) is 11.0 Å². The predicted molar refractivity (Wildman–Crippen MR) is 74.3 cm³/mol. The Bertz CT molecular complexity index is 520. The van der Waals surface area contributed by atoms with Gasteiger partial charge in [-0.25, -0.2) is 4.98 Å². The first-order chi connectivity index (χ1) is 9.36. The molecule has 1 aromatic heterocycles. The van der Waals surface area contributed by atoms with Crippen molar-refractivity contribution in [2.45, 2.75) is 39.3 Å². The standard InChI is InChI=1S/C12H19N5O3/c1-4-20-9-5-8(12(9,2)3)15-10-7(17(18)19)6-14-11(13)16-10/h6,8-9H,4-5H2,1-3H3,(H3,13,14,15,16). The molecule has 110 valence electrons. The number of nitrogens with two attached hydrogens (primary N) is 1. The smallest absolute Gasteiger partial charge is 0.329 e. The third-order valence-electron chi connectivity index (χ3n) is 3.84. The van der Waals surface area contributed by atoms with Crippen LogP contribution in [-0.2, 0) is 4.74 Å². The molecule has 0 bridgehead atoms. The van der Waals surface area contributed by atoms with Gasteiger partial charge in [0.25, 0.3) is 0 Å². The zero-order valence-electron chi connectivity index (χ0n) is 11.8. The van der Waals surface area contributed by atoms with Crippen LogP contribution < -0.4 is 11.1 Å². The highest BCUT2D eigenvalue weighted by atomic mass is 16.6. The maximum Gasteiger partial charge on any atom is 0.329 e. The molecule has 1 heterocycles. The Morgan fingerprint density at radius 2 is 2.35 bits per heavy atom. The van der Waals surface area contributed by atoms with Crippen molar-refractivity contribution in [2.24, 2.45) is 5.41 Å². The lowest BCUT2D eigenvalue weighted by Gasteiger charge is -2.51. The summed E-state index contributed by atoms with van der Waals surface area (Å²) in [5.74, 6) is 0.173. The summed E-state index contributed by atoms with van der Waals surface area (Å²) >= 11 is 0. The number of hydrogen-bond donors (Lipinski definition) is 2. The van der Waals surface area contributed by atoms with Gasteiger partial charge in [0.2, 0.25) is 11.8 Å². The van der Waals surface area contributed by atoms with E-state index >= 15 is 0 Å². The van der Waals surface area contributed by atoms with Gasteiger partial charge in [0.1, 0.15) is 6.20 Å². The number of rotatable bonds is 5. The Morgan fingerprint density at radius 3 is 2.90 bits per heavy atom. The highest BCUT2D eigenvalue weighted by molar-refractivity contribution is 5.57. The third kappa shape index (κ3) is 2.51. The molecular weight excluding hydrogens is 262 g/mol. The number of nitro groups is 1. The summed E-state index contributed by atoms with van der Waals surface area (Å²) in [4.78, 5) is 18.0. The average Bonchev–Trinajstić information content (AvgIpc) is 2.37. The number of ether oxygens (including phenoxy) is 1. The molecule has 1 saturated carbocycles. The molecule has 20 heavy (non-hydrogen) atoms. The van der Waals surface area contributed by atoms with Crippen LogP contribution >= 0.6 is 0 Å². The summed E-state index contributed by atoms with van der Waals surface area (Å²) < 4.78 is 5.63. The van der Waals surface area contributed by atoms with E-state index in [9.17, 15) is 10.1 Å².